The average Bonchev–Trinajstić information content (AvgIpc) is 2.74. The highest BCUT2D eigenvalue weighted by atomic mass is 32.2. The van der Waals surface area contributed by atoms with Gasteiger partial charge in [0.25, 0.3) is 5.56 Å². The molecule has 2 aromatic heterocycles. The molecule has 8 heteroatoms. The summed E-state index contributed by atoms with van der Waals surface area (Å²) in [7, 11) is 0. The highest BCUT2D eigenvalue weighted by Gasteiger charge is 2.15. The fraction of sp³-hybridized carbons (Fsp3) is 0.174. The van der Waals surface area contributed by atoms with E-state index in [4.69, 9.17) is 0 Å². The van der Waals surface area contributed by atoms with E-state index in [0.29, 0.717) is 11.7 Å². The third-order valence-electron chi connectivity index (χ3n) is 4.58. The number of aromatic nitrogens is 4. The summed E-state index contributed by atoms with van der Waals surface area (Å²) in [4.78, 5) is 38.4. The first-order chi connectivity index (χ1) is 15.0. The first-order valence-corrected chi connectivity index (χ1v) is 10.7. The maximum absolute atomic E-state index is 13.1. The van der Waals surface area contributed by atoms with Gasteiger partial charge in [0.05, 0.1) is 12.3 Å². The minimum atomic E-state index is -0.279. The third kappa shape index (κ3) is 4.97. The predicted octanol–water partition coefficient (Wildman–Crippen LogP) is 3.58. The molecular weight excluding hydrogens is 410 g/mol. The molecule has 31 heavy (non-hydrogen) atoms. The van der Waals surface area contributed by atoms with Crippen molar-refractivity contribution in [3.8, 4) is 0 Å². The second-order valence-electron chi connectivity index (χ2n) is 7.21. The zero-order valence-electron chi connectivity index (χ0n) is 17.2. The Morgan fingerprint density at radius 1 is 1.03 bits per heavy atom. The summed E-state index contributed by atoms with van der Waals surface area (Å²) in [6.45, 7) is 4.31. The highest BCUT2D eigenvalue weighted by Crippen LogP contribution is 2.19. The lowest BCUT2D eigenvalue weighted by Gasteiger charge is -2.13. The van der Waals surface area contributed by atoms with E-state index in [1.54, 1.807) is 4.57 Å². The van der Waals surface area contributed by atoms with Gasteiger partial charge in [-0.2, -0.15) is 0 Å². The fourth-order valence-electron chi connectivity index (χ4n) is 3.32. The number of thioether (sulfide) groups is 1. The molecule has 2 heterocycles. The van der Waals surface area contributed by atoms with Crippen molar-refractivity contribution in [3.63, 3.8) is 0 Å². The molecule has 0 aliphatic heterocycles. The number of hydrogen-bond acceptors (Lipinski definition) is 6. The number of carbonyl (C=O) groups is 1. The molecule has 0 fully saturated rings. The topological polar surface area (TPSA) is 89.8 Å². The largest absolute Gasteiger partial charge is 0.325 e. The van der Waals surface area contributed by atoms with Crippen LogP contribution in [0.5, 0.6) is 0 Å². The Bertz CT molecular complexity index is 1280. The number of aryl methyl sites for hydroxylation is 2. The summed E-state index contributed by atoms with van der Waals surface area (Å²) in [6.07, 6.45) is 2.97. The number of amides is 1. The minimum Gasteiger partial charge on any atom is -0.325 e. The van der Waals surface area contributed by atoms with Crippen LogP contribution in [-0.4, -0.2) is 31.2 Å². The summed E-state index contributed by atoms with van der Waals surface area (Å²) in [5.74, 6) is -0.0604. The van der Waals surface area contributed by atoms with E-state index in [9.17, 15) is 9.59 Å². The predicted molar refractivity (Wildman–Crippen MR) is 122 cm³/mol. The lowest BCUT2D eigenvalue weighted by molar-refractivity contribution is -0.113. The van der Waals surface area contributed by atoms with Gasteiger partial charge in [0, 0.05) is 18.1 Å². The van der Waals surface area contributed by atoms with Crippen LogP contribution in [-0.2, 0) is 11.3 Å². The molecule has 0 saturated carbocycles. The van der Waals surface area contributed by atoms with Gasteiger partial charge in [0.1, 0.15) is 0 Å². The van der Waals surface area contributed by atoms with Crippen LogP contribution in [0.15, 0.2) is 70.9 Å². The van der Waals surface area contributed by atoms with E-state index < -0.39 is 0 Å². The zero-order chi connectivity index (χ0) is 21.8. The molecule has 0 radical (unpaired) electrons. The molecule has 4 aromatic rings. The van der Waals surface area contributed by atoms with Crippen LogP contribution in [0, 0.1) is 13.8 Å². The van der Waals surface area contributed by atoms with Crippen LogP contribution < -0.4 is 10.9 Å². The SMILES string of the molecule is Cc1cc(C)cc(NC(=O)CSc2nc3nccnc3c(=O)n2Cc2ccccc2)c1. The number of nitrogens with one attached hydrogen (secondary N) is 1. The van der Waals surface area contributed by atoms with E-state index in [1.807, 2.05) is 62.4 Å². The molecule has 0 saturated heterocycles. The van der Waals surface area contributed by atoms with Crippen LogP contribution in [0.1, 0.15) is 16.7 Å². The van der Waals surface area contributed by atoms with Crippen molar-refractivity contribution >= 4 is 34.5 Å². The van der Waals surface area contributed by atoms with Crippen molar-refractivity contribution in [3.05, 3.63) is 88.0 Å². The molecule has 0 aliphatic carbocycles. The second kappa shape index (κ2) is 9.09. The number of hydrogen-bond donors (Lipinski definition) is 1. The Hall–Kier alpha value is -3.52. The monoisotopic (exact) mass is 431 g/mol. The number of carbonyl (C=O) groups excluding carboxylic acids is 1. The smallest absolute Gasteiger partial charge is 0.282 e. The van der Waals surface area contributed by atoms with Crippen molar-refractivity contribution in [2.24, 2.45) is 0 Å². The maximum Gasteiger partial charge on any atom is 0.282 e. The molecule has 156 valence electrons. The van der Waals surface area contributed by atoms with Gasteiger partial charge in [-0.05, 0) is 42.7 Å². The van der Waals surface area contributed by atoms with E-state index in [1.165, 1.54) is 24.2 Å². The Labute approximate surface area is 183 Å². The molecular formula is C23H21N5O2S. The first-order valence-electron chi connectivity index (χ1n) is 9.76. The molecule has 4 rings (SSSR count). The molecule has 7 nitrogen and oxygen atoms in total. The standard InChI is InChI=1S/C23H21N5O2S/c1-15-10-16(2)12-18(11-15)26-19(29)14-31-23-27-21-20(24-8-9-25-21)22(30)28(23)13-17-6-4-3-5-7-17/h3-12H,13-14H2,1-2H3,(H,26,29). The lowest BCUT2D eigenvalue weighted by Crippen LogP contribution is -2.25. The van der Waals surface area contributed by atoms with Crippen LogP contribution in [0.3, 0.4) is 0 Å². The van der Waals surface area contributed by atoms with Crippen molar-refractivity contribution < 1.29 is 4.79 Å². The van der Waals surface area contributed by atoms with Gasteiger partial charge in [-0.1, -0.05) is 48.2 Å². The van der Waals surface area contributed by atoms with Gasteiger partial charge in [-0.3, -0.25) is 14.2 Å². The maximum atomic E-state index is 13.1. The fourth-order valence-corrected chi connectivity index (χ4v) is 4.11. The van der Waals surface area contributed by atoms with Crippen molar-refractivity contribution in [2.45, 2.75) is 25.5 Å². The Balaban J connectivity index is 1.60. The normalized spacial score (nSPS) is 10.9. The van der Waals surface area contributed by atoms with Crippen molar-refractivity contribution in [2.75, 3.05) is 11.1 Å². The van der Waals surface area contributed by atoms with Gasteiger partial charge in [0.15, 0.2) is 16.3 Å². The van der Waals surface area contributed by atoms with Crippen LogP contribution in [0.4, 0.5) is 5.69 Å². The number of fused-ring (bicyclic) bond motifs is 1. The van der Waals surface area contributed by atoms with E-state index in [0.717, 1.165) is 22.4 Å². The molecule has 1 amide bonds. The molecule has 1 N–H and O–H groups in total. The number of nitrogens with zero attached hydrogens (tertiary/aromatic N) is 4. The Morgan fingerprint density at radius 2 is 1.74 bits per heavy atom. The zero-order valence-corrected chi connectivity index (χ0v) is 18.0. The Morgan fingerprint density at radius 3 is 2.48 bits per heavy atom. The summed E-state index contributed by atoms with van der Waals surface area (Å²) >= 11 is 1.20. The van der Waals surface area contributed by atoms with Crippen molar-refractivity contribution in [1.29, 1.82) is 0 Å². The third-order valence-corrected chi connectivity index (χ3v) is 5.56. The van der Waals surface area contributed by atoms with E-state index in [2.05, 4.69) is 20.3 Å². The average molecular weight is 432 g/mol. The van der Waals surface area contributed by atoms with Crippen LogP contribution >= 0.6 is 11.8 Å². The number of rotatable bonds is 6. The molecule has 0 aliphatic rings. The van der Waals surface area contributed by atoms with Gasteiger partial charge >= 0.3 is 0 Å². The summed E-state index contributed by atoms with van der Waals surface area (Å²) < 4.78 is 1.54. The first kappa shape index (κ1) is 20.7. The molecule has 0 unspecified atom stereocenters. The molecule has 0 bridgehead atoms. The minimum absolute atomic E-state index is 0.111. The van der Waals surface area contributed by atoms with E-state index in [-0.39, 0.29) is 28.4 Å². The van der Waals surface area contributed by atoms with Crippen LogP contribution in [0.25, 0.3) is 11.2 Å². The van der Waals surface area contributed by atoms with Crippen molar-refractivity contribution in [1.82, 2.24) is 19.5 Å². The molecule has 0 atom stereocenters. The van der Waals surface area contributed by atoms with Gasteiger partial charge < -0.3 is 5.32 Å². The molecule has 0 spiro atoms. The highest BCUT2D eigenvalue weighted by molar-refractivity contribution is 7.99. The second-order valence-corrected chi connectivity index (χ2v) is 8.16. The van der Waals surface area contributed by atoms with Gasteiger partial charge in [-0.25, -0.2) is 15.0 Å². The Kier molecular flexibility index (Phi) is 6.08. The number of benzene rings is 2. The van der Waals surface area contributed by atoms with Crippen LogP contribution in [0.2, 0.25) is 0 Å². The van der Waals surface area contributed by atoms with E-state index >= 15 is 0 Å². The summed E-state index contributed by atoms with van der Waals surface area (Å²) in [6, 6.07) is 15.5. The summed E-state index contributed by atoms with van der Waals surface area (Å²) in [5.41, 5.74) is 4.07. The quantitative estimate of drug-likeness (QED) is 0.371. The van der Waals surface area contributed by atoms with Gasteiger partial charge in [-0.15, -0.1) is 0 Å². The lowest BCUT2D eigenvalue weighted by atomic mass is 10.1. The number of anilines is 1. The molecule has 2 aromatic carbocycles. The van der Waals surface area contributed by atoms with Gasteiger partial charge in [0.2, 0.25) is 5.91 Å². The summed E-state index contributed by atoms with van der Waals surface area (Å²) in [5, 5.41) is 3.34.